The normalized spacial score (nSPS) is 16.0. The molecule has 1 aliphatic rings. The van der Waals surface area contributed by atoms with Crippen molar-refractivity contribution in [3.05, 3.63) is 64.3 Å². The lowest BCUT2D eigenvalue weighted by molar-refractivity contribution is 0.731. The van der Waals surface area contributed by atoms with Crippen LogP contribution in [0.5, 0.6) is 0 Å². The molecule has 0 bridgehead atoms. The summed E-state index contributed by atoms with van der Waals surface area (Å²) in [6, 6.07) is 9.81. The first kappa shape index (κ1) is 14.9. The monoisotopic (exact) mass is 302 g/mol. The van der Waals surface area contributed by atoms with E-state index in [1.807, 2.05) is 13.1 Å². The third-order valence-electron chi connectivity index (χ3n) is 4.54. The molecule has 0 radical (unpaired) electrons. The van der Waals surface area contributed by atoms with Crippen molar-refractivity contribution < 1.29 is 0 Å². The smallest absolute Gasteiger partial charge is 0.202 e. The number of aryl methyl sites for hydroxylation is 2. The van der Waals surface area contributed by atoms with Crippen LogP contribution in [0.3, 0.4) is 0 Å². The van der Waals surface area contributed by atoms with E-state index >= 15 is 0 Å². The maximum atomic E-state index is 7.55. The third kappa shape index (κ3) is 2.12. The van der Waals surface area contributed by atoms with Gasteiger partial charge in [0.2, 0.25) is 5.69 Å². The largest absolute Gasteiger partial charge is 0.355 e. The Morgan fingerprint density at radius 3 is 2.22 bits per heavy atom. The summed E-state index contributed by atoms with van der Waals surface area (Å²) in [4.78, 5) is 11.6. The highest BCUT2D eigenvalue weighted by molar-refractivity contribution is 5.96. The van der Waals surface area contributed by atoms with Crippen molar-refractivity contribution in [1.29, 1.82) is 0 Å². The van der Waals surface area contributed by atoms with Crippen molar-refractivity contribution in [2.45, 2.75) is 26.9 Å². The van der Waals surface area contributed by atoms with Gasteiger partial charge in [-0.25, -0.2) is 9.69 Å². The van der Waals surface area contributed by atoms with Crippen LogP contribution in [0.15, 0.2) is 30.3 Å². The highest BCUT2D eigenvalue weighted by atomic mass is 15.4. The van der Waals surface area contributed by atoms with E-state index in [0.717, 1.165) is 17.1 Å². The van der Waals surface area contributed by atoms with Crippen LogP contribution in [0, 0.1) is 27.0 Å². The molecule has 0 fully saturated rings. The Kier molecular flexibility index (Phi) is 3.47. The molecule has 4 nitrogen and oxygen atoms in total. The van der Waals surface area contributed by atoms with E-state index < -0.39 is 0 Å². The zero-order valence-electron chi connectivity index (χ0n) is 13.8. The van der Waals surface area contributed by atoms with Gasteiger partial charge in [0, 0.05) is 18.4 Å². The van der Waals surface area contributed by atoms with Gasteiger partial charge in [0.05, 0.1) is 18.8 Å². The molecule has 0 unspecified atom stereocenters. The number of fused-ring (bicyclic) bond motifs is 1. The lowest BCUT2D eigenvalue weighted by Crippen LogP contribution is -2.36. The average Bonchev–Trinajstić information content (AvgIpc) is 2.79. The topological polar surface area (TPSA) is 15.2 Å². The fourth-order valence-electron chi connectivity index (χ4n) is 3.30. The molecule has 23 heavy (non-hydrogen) atoms. The molecule has 0 amide bonds. The van der Waals surface area contributed by atoms with Crippen molar-refractivity contribution in [3.63, 3.8) is 0 Å². The molecule has 2 aromatic carbocycles. The van der Waals surface area contributed by atoms with Gasteiger partial charge < -0.3 is 9.80 Å². The van der Waals surface area contributed by atoms with Crippen LogP contribution in [0.25, 0.3) is 9.69 Å². The fourth-order valence-corrected chi connectivity index (χ4v) is 3.30. The summed E-state index contributed by atoms with van der Waals surface area (Å²) in [6.45, 7) is 21.1. The van der Waals surface area contributed by atoms with Crippen LogP contribution < -0.4 is 9.80 Å². The zero-order chi connectivity index (χ0) is 16.7. The van der Waals surface area contributed by atoms with Gasteiger partial charge in [-0.15, -0.1) is 0 Å². The van der Waals surface area contributed by atoms with Gasteiger partial charge in [-0.05, 0) is 44.0 Å². The van der Waals surface area contributed by atoms with E-state index in [1.165, 1.54) is 11.1 Å². The number of hydrogen-bond donors (Lipinski definition) is 0. The van der Waals surface area contributed by atoms with Crippen molar-refractivity contribution in [3.8, 4) is 0 Å². The standard InChI is InChI=1S/C19H18N4/c1-12-8-7-9-13(2)18(12)23-14(3)22(6)17-11-15(20-4)10-16(21-5)19(17)23/h7-11,14H,1-3,6H3/t14-/m0/s1. The summed E-state index contributed by atoms with van der Waals surface area (Å²) < 4.78 is 0. The maximum Gasteiger partial charge on any atom is 0.202 e. The van der Waals surface area contributed by atoms with Gasteiger partial charge in [0.25, 0.3) is 0 Å². The third-order valence-corrected chi connectivity index (χ3v) is 4.54. The first-order valence-electron chi connectivity index (χ1n) is 7.50. The Bertz CT molecular complexity index is 850. The molecule has 0 spiro atoms. The molecule has 1 aliphatic heterocycles. The molecule has 2 aromatic rings. The van der Waals surface area contributed by atoms with Crippen molar-refractivity contribution in [2.75, 3.05) is 16.8 Å². The number of benzene rings is 2. The van der Waals surface area contributed by atoms with Gasteiger partial charge in [0.15, 0.2) is 5.69 Å². The molecule has 0 saturated heterocycles. The molecule has 0 aliphatic carbocycles. The number of para-hydroxylation sites is 1. The van der Waals surface area contributed by atoms with E-state index in [9.17, 15) is 0 Å². The lowest BCUT2D eigenvalue weighted by Gasteiger charge is -2.31. The molecule has 1 heterocycles. The number of nitrogens with zero attached hydrogens (tertiary/aromatic N) is 4. The Morgan fingerprint density at radius 1 is 1.00 bits per heavy atom. The Labute approximate surface area is 137 Å². The summed E-state index contributed by atoms with van der Waals surface area (Å²) in [5.74, 6) is 0. The highest BCUT2D eigenvalue weighted by Gasteiger charge is 2.35. The van der Waals surface area contributed by atoms with E-state index in [2.05, 4.69) is 58.5 Å². The molecule has 0 saturated carbocycles. The molecule has 114 valence electrons. The second-order valence-corrected chi connectivity index (χ2v) is 5.91. The molecular weight excluding hydrogens is 284 g/mol. The van der Waals surface area contributed by atoms with Crippen molar-refractivity contribution in [1.82, 2.24) is 0 Å². The second kappa shape index (κ2) is 5.34. The highest BCUT2D eigenvalue weighted by Crippen LogP contribution is 2.52. The van der Waals surface area contributed by atoms with E-state index in [1.54, 1.807) is 6.07 Å². The SMILES string of the molecule is [C-]#[N+]c1cc([N+]#[C-])c2c(c1)N(C)[C@H](C)N2c1c(C)cccc1C. The molecule has 0 aromatic heterocycles. The van der Waals surface area contributed by atoms with Gasteiger partial charge in [0.1, 0.15) is 6.17 Å². The Hall–Kier alpha value is -2.98. The Balaban J connectivity index is 2.33. The molecule has 0 N–H and O–H groups in total. The van der Waals surface area contributed by atoms with Crippen molar-refractivity contribution >= 4 is 28.4 Å². The van der Waals surface area contributed by atoms with E-state index in [0.29, 0.717) is 11.4 Å². The van der Waals surface area contributed by atoms with Gasteiger partial charge >= 0.3 is 0 Å². The van der Waals surface area contributed by atoms with Crippen LogP contribution in [0.1, 0.15) is 18.1 Å². The molecule has 3 rings (SSSR count). The summed E-state index contributed by atoms with van der Waals surface area (Å²) >= 11 is 0. The summed E-state index contributed by atoms with van der Waals surface area (Å²) in [5, 5.41) is 0. The minimum absolute atomic E-state index is 0.0892. The zero-order valence-corrected chi connectivity index (χ0v) is 13.8. The van der Waals surface area contributed by atoms with Gasteiger partial charge in [-0.2, -0.15) is 0 Å². The number of hydrogen-bond acceptors (Lipinski definition) is 2. The van der Waals surface area contributed by atoms with Crippen LogP contribution in [-0.2, 0) is 0 Å². The predicted octanol–water partition coefficient (Wildman–Crippen LogP) is 5.34. The summed E-state index contributed by atoms with van der Waals surface area (Å²) in [6.07, 6.45) is 0.0892. The number of rotatable bonds is 1. The fraction of sp³-hybridized carbons (Fsp3) is 0.263. The minimum Gasteiger partial charge on any atom is -0.355 e. The quantitative estimate of drug-likeness (QED) is 0.661. The van der Waals surface area contributed by atoms with Crippen molar-refractivity contribution in [2.24, 2.45) is 0 Å². The van der Waals surface area contributed by atoms with Gasteiger partial charge in [-0.1, -0.05) is 18.2 Å². The first-order chi connectivity index (χ1) is 11.0. The van der Waals surface area contributed by atoms with E-state index in [-0.39, 0.29) is 6.17 Å². The maximum absolute atomic E-state index is 7.55. The van der Waals surface area contributed by atoms with Crippen LogP contribution in [0.2, 0.25) is 0 Å². The number of anilines is 3. The molecule has 4 heteroatoms. The summed E-state index contributed by atoms with van der Waals surface area (Å²) in [5.41, 5.74) is 6.40. The second-order valence-electron chi connectivity index (χ2n) is 5.91. The Morgan fingerprint density at radius 2 is 1.65 bits per heavy atom. The lowest BCUT2D eigenvalue weighted by atomic mass is 10.1. The predicted molar refractivity (Wildman–Crippen MR) is 94.9 cm³/mol. The summed E-state index contributed by atoms with van der Waals surface area (Å²) in [7, 11) is 2.01. The van der Waals surface area contributed by atoms with Crippen LogP contribution in [0.4, 0.5) is 28.4 Å². The average molecular weight is 302 g/mol. The van der Waals surface area contributed by atoms with E-state index in [4.69, 9.17) is 13.1 Å². The minimum atomic E-state index is 0.0892. The first-order valence-corrected chi connectivity index (χ1v) is 7.50. The molecular formula is C19H18N4. The van der Waals surface area contributed by atoms with Crippen LogP contribution in [-0.4, -0.2) is 13.2 Å². The van der Waals surface area contributed by atoms with Gasteiger partial charge in [-0.3, -0.25) is 0 Å². The molecule has 1 atom stereocenters. The van der Waals surface area contributed by atoms with Crippen LogP contribution >= 0.6 is 0 Å².